The second-order valence-electron chi connectivity index (χ2n) is 4.69. The lowest BCUT2D eigenvalue weighted by atomic mass is 9.92. The Balaban J connectivity index is 2.02. The molecule has 5 heteroatoms. The van der Waals surface area contributed by atoms with Gasteiger partial charge in [0.05, 0.1) is 5.69 Å². The van der Waals surface area contributed by atoms with E-state index in [-0.39, 0.29) is 17.5 Å². The number of amides is 1. The molecule has 1 amide bonds. The average Bonchev–Trinajstić information content (AvgIpc) is 2.32. The van der Waals surface area contributed by atoms with Gasteiger partial charge in [-0.05, 0) is 44.5 Å². The molecule has 0 bridgehead atoms. The molecular weight excluding hydrogens is 299 g/mol. The van der Waals surface area contributed by atoms with Gasteiger partial charge < -0.3 is 10.6 Å². The van der Waals surface area contributed by atoms with Gasteiger partial charge in [-0.25, -0.2) is 4.39 Å². The Morgan fingerprint density at radius 3 is 3.00 bits per heavy atom. The van der Waals surface area contributed by atoms with Crippen molar-refractivity contribution < 1.29 is 9.18 Å². The lowest BCUT2D eigenvalue weighted by Crippen LogP contribution is -2.40. The third-order valence-corrected chi connectivity index (χ3v) is 3.68. The standard InChI is InChI=1S/C13H16BrFN2O/c1-8-6-9(4-5-16-8)13(18)17-12-3-2-10(14)7-11(12)15/h2-3,7-9,16H,4-6H2,1H3,(H,17,18)/t8-,9-/m0/s1. The van der Waals surface area contributed by atoms with Crippen LogP contribution in [0.2, 0.25) is 0 Å². The SMILES string of the molecule is C[C@H]1C[C@@H](C(=O)Nc2ccc(Br)cc2F)CCN1. The minimum Gasteiger partial charge on any atom is -0.323 e. The van der Waals surface area contributed by atoms with Gasteiger partial charge in [-0.15, -0.1) is 0 Å². The van der Waals surface area contributed by atoms with E-state index in [1.165, 1.54) is 6.07 Å². The summed E-state index contributed by atoms with van der Waals surface area (Å²) in [7, 11) is 0. The predicted octanol–water partition coefficient (Wildman–Crippen LogP) is 2.91. The highest BCUT2D eigenvalue weighted by molar-refractivity contribution is 9.10. The fourth-order valence-electron chi connectivity index (χ4n) is 2.20. The van der Waals surface area contributed by atoms with Crippen molar-refractivity contribution in [2.75, 3.05) is 11.9 Å². The molecule has 1 aliphatic heterocycles. The van der Waals surface area contributed by atoms with E-state index in [9.17, 15) is 9.18 Å². The Labute approximate surface area is 114 Å². The molecule has 0 unspecified atom stereocenters. The normalized spacial score (nSPS) is 23.7. The number of hydrogen-bond acceptors (Lipinski definition) is 2. The predicted molar refractivity (Wildman–Crippen MR) is 72.9 cm³/mol. The van der Waals surface area contributed by atoms with E-state index in [1.807, 2.05) is 0 Å². The number of anilines is 1. The second-order valence-corrected chi connectivity index (χ2v) is 5.61. The smallest absolute Gasteiger partial charge is 0.227 e. The van der Waals surface area contributed by atoms with Gasteiger partial charge in [0.1, 0.15) is 5.82 Å². The third kappa shape index (κ3) is 3.29. The van der Waals surface area contributed by atoms with Crippen LogP contribution in [0.4, 0.5) is 10.1 Å². The summed E-state index contributed by atoms with van der Waals surface area (Å²) in [6.07, 6.45) is 1.60. The molecule has 0 radical (unpaired) electrons. The number of nitrogens with one attached hydrogen (secondary N) is 2. The Hall–Kier alpha value is -0.940. The van der Waals surface area contributed by atoms with Crippen molar-refractivity contribution in [3.8, 4) is 0 Å². The Bertz CT molecular complexity index is 453. The van der Waals surface area contributed by atoms with Crippen molar-refractivity contribution in [1.29, 1.82) is 0 Å². The van der Waals surface area contributed by atoms with Crippen molar-refractivity contribution in [1.82, 2.24) is 5.32 Å². The van der Waals surface area contributed by atoms with Crippen LogP contribution in [0.5, 0.6) is 0 Å². The molecule has 1 fully saturated rings. The first kappa shape index (κ1) is 13.5. The Morgan fingerprint density at radius 1 is 1.56 bits per heavy atom. The highest BCUT2D eigenvalue weighted by Gasteiger charge is 2.25. The number of carbonyl (C=O) groups excluding carboxylic acids is 1. The maximum atomic E-state index is 13.6. The molecule has 2 rings (SSSR count). The van der Waals surface area contributed by atoms with Crippen LogP contribution in [0.1, 0.15) is 19.8 Å². The van der Waals surface area contributed by atoms with Crippen molar-refractivity contribution in [3.63, 3.8) is 0 Å². The van der Waals surface area contributed by atoms with Gasteiger partial charge in [-0.1, -0.05) is 15.9 Å². The molecule has 1 aromatic rings. The number of carbonyl (C=O) groups is 1. The summed E-state index contributed by atoms with van der Waals surface area (Å²) in [5, 5.41) is 5.95. The molecule has 2 atom stereocenters. The van der Waals surface area contributed by atoms with E-state index >= 15 is 0 Å². The fraction of sp³-hybridized carbons (Fsp3) is 0.462. The summed E-state index contributed by atoms with van der Waals surface area (Å²) in [5.41, 5.74) is 0.245. The Kier molecular flexibility index (Phi) is 4.35. The van der Waals surface area contributed by atoms with Crippen LogP contribution in [0.25, 0.3) is 0 Å². The zero-order chi connectivity index (χ0) is 13.1. The first-order valence-electron chi connectivity index (χ1n) is 6.05. The summed E-state index contributed by atoms with van der Waals surface area (Å²) in [5.74, 6) is -0.548. The second kappa shape index (κ2) is 5.80. The summed E-state index contributed by atoms with van der Waals surface area (Å²) in [4.78, 5) is 12.0. The van der Waals surface area contributed by atoms with Crippen LogP contribution < -0.4 is 10.6 Å². The molecule has 18 heavy (non-hydrogen) atoms. The lowest BCUT2D eigenvalue weighted by molar-refractivity contribution is -0.120. The van der Waals surface area contributed by atoms with Crippen molar-refractivity contribution in [3.05, 3.63) is 28.5 Å². The quantitative estimate of drug-likeness (QED) is 0.881. The molecule has 0 saturated carbocycles. The lowest BCUT2D eigenvalue weighted by Gasteiger charge is -2.27. The molecule has 1 saturated heterocycles. The van der Waals surface area contributed by atoms with E-state index in [0.717, 1.165) is 19.4 Å². The van der Waals surface area contributed by atoms with E-state index in [4.69, 9.17) is 0 Å². The summed E-state index contributed by atoms with van der Waals surface area (Å²) in [6.45, 7) is 2.89. The van der Waals surface area contributed by atoms with Crippen LogP contribution in [0.3, 0.4) is 0 Å². The number of halogens is 2. The first-order valence-corrected chi connectivity index (χ1v) is 6.85. The number of piperidine rings is 1. The van der Waals surface area contributed by atoms with Gasteiger partial charge in [0.2, 0.25) is 5.91 Å². The first-order chi connectivity index (χ1) is 8.56. The zero-order valence-electron chi connectivity index (χ0n) is 10.2. The van der Waals surface area contributed by atoms with Crippen LogP contribution in [-0.2, 0) is 4.79 Å². The molecule has 1 aliphatic rings. The topological polar surface area (TPSA) is 41.1 Å². The fourth-order valence-corrected chi connectivity index (χ4v) is 2.53. The summed E-state index contributed by atoms with van der Waals surface area (Å²) in [6, 6.07) is 4.97. The van der Waals surface area contributed by atoms with Gasteiger partial charge in [0, 0.05) is 16.4 Å². The van der Waals surface area contributed by atoms with Crippen LogP contribution in [0.15, 0.2) is 22.7 Å². The molecule has 0 aliphatic carbocycles. The molecule has 0 aromatic heterocycles. The highest BCUT2D eigenvalue weighted by atomic mass is 79.9. The van der Waals surface area contributed by atoms with E-state index in [2.05, 4.69) is 33.5 Å². The molecule has 2 N–H and O–H groups in total. The largest absolute Gasteiger partial charge is 0.323 e. The van der Waals surface area contributed by atoms with Gasteiger partial charge in [-0.2, -0.15) is 0 Å². The molecule has 98 valence electrons. The average molecular weight is 315 g/mol. The van der Waals surface area contributed by atoms with Crippen molar-refractivity contribution >= 4 is 27.5 Å². The maximum absolute atomic E-state index is 13.6. The Morgan fingerprint density at radius 2 is 2.33 bits per heavy atom. The zero-order valence-corrected chi connectivity index (χ0v) is 11.8. The van der Waals surface area contributed by atoms with Gasteiger partial charge >= 0.3 is 0 Å². The van der Waals surface area contributed by atoms with Gasteiger partial charge in [0.15, 0.2) is 0 Å². The summed E-state index contributed by atoms with van der Waals surface area (Å²) >= 11 is 3.19. The molecule has 1 aromatic carbocycles. The van der Waals surface area contributed by atoms with Gasteiger partial charge in [-0.3, -0.25) is 4.79 Å². The minimum absolute atomic E-state index is 0.0377. The number of hydrogen-bond donors (Lipinski definition) is 2. The van der Waals surface area contributed by atoms with Crippen LogP contribution >= 0.6 is 15.9 Å². The van der Waals surface area contributed by atoms with E-state index < -0.39 is 5.82 Å². The number of rotatable bonds is 2. The number of benzene rings is 1. The van der Waals surface area contributed by atoms with Crippen LogP contribution in [-0.4, -0.2) is 18.5 Å². The maximum Gasteiger partial charge on any atom is 0.227 e. The minimum atomic E-state index is -0.417. The van der Waals surface area contributed by atoms with Crippen molar-refractivity contribution in [2.24, 2.45) is 5.92 Å². The van der Waals surface area contributed by atoms with Crippen LogP contribution in [0, 0.1) is 11.7 Å². The molecule has 0 spiro atoms. The van der Waals surface area contributed by atoms with E-state index in [1.54, 1.807) is 12.1 Å². The van der Waals surface area contributed by atoms with Crippen molar-refractivity contribution in [2.45, 2.75) is 25.8 Å². The molecule has 1 heterocycles. The highest BCUT2D eigenvalue weighted by Crippen LogP contribution is 2.22. The molecule has 3 nitrogen and oxygen atoms in total. The molecular formula is C13H16BrFN2O. The van der Waals surface area contributed by atoms with E-state index in [0.29, 0.717) is 10.5 Å². The monoisotopic (exact) mass is 314 g/mol. The van der Waals surface area contributed by atoms with Gasteiger partial charge in [0.25, 0.3) is 0 Å². The third-order valence-electron chi connectivity index (χ3n) is 3.18. The summed E-state index contributed by atoms with van der Waals surface area (Å²) < 4.78 is 14.3.